The molecule has 1 aliphatic rings. The van der Waals surface area contributed by atoms with Crippen LogP contribution < -0.4 is 0 Å². The van der Waals surface area contributed by atoms with E-state index in [1.54, 1.807) is 7.05 Å². The zero-order valence-electron chi connectivity index (χ0n) is 21.3. The lowest BCUT2D eigenvalue weighted by Gasteiger charge is -2.30. The zero-order chi connectivity index (χ0) is 24.4. The van der Waals surface area contributed by atoms with Gasteiger partial charge in [-0.3, -0.25) is 9.79 Å². The fraction of sp³-hybridized carbons (Fsp3) is 0.500. The number of rotatable bonds is 7. The second kappa shape index (κ2) is 9.58. The van der Waals surface area contributed by atoms with Crippen LogP contribution in [0.3, 0.4) is 0 Å². The van der Waals surface area contributed by atoms with Gasteiger partial charge in [0.05, 0.1) is 6.54 Å². The number of guanidine groups is 1. The van der Waals surface area contributed by atoms with Crippen molar-refractivity contribution in [2.24, 2.45) is 4.99 Å². The first-order valence-electron chi connectivity index (χ1n) is 11.9. The van der Waals surface area contributed by atoms with Crippen molar-refractivity contribution >= 4 is 11.7 Å². The summed E-state index contributed by atoms with van der Waals surface area (Å²) in [5.74, 6) is 1.23. The summed E-state index contributed by atoms with van der Waals surface area (Å²) in [6, 6.07) is 14.1. The highest BCUT2D eigenvalue weighted by Gasteiger charge is 2.31. The summed E-state index contributed by atoms with van der Waals surface area (Å²) in [4.78, 5) is 22.3. The fourth-order valence-corrected chi connectivity index (χ4v) is 4.37. The van der Waals surface area contributed by atoms with Gasteiger partial charge in [-0.2, -0.15) is 0 Å². The molecule has 1 fully saturated rings. The quantitative estimate of drug-likeness (QED) is 0.578. The number of hydrogen-bond donors (Lipinski definition) is 1. The van der Waals surface area contributed by atoms with Crippen LogP contribution in [0.25, 0.3) is 0 Å². The number of carbonyl (C=O) groups is 1. The van der Waals surface area contributed by atoms with Crippen molar-refractivity contribution in [3.8, 4) is 5.75 Å². The summed E-state index contributed by atoms with van der Waals surface area (Å²) in [5.41, 5.74) is 3.06. The van der Waals surface area contributed by atoms with Gasteiger partial charge in [0, 0.05) is 43.4 Å². The highest BCUT2D eigenvalue weighted by molar-refractivity contribution is 6.00. The smallest absolute Gasteiger partial charge is 0.197 e. The molecule has 0 amide bonds. The highest BCUT2D eigenvalue weighted by atomic mass is 16.3. The van der Waals surface area contributed by atoms with Crippen LogP contribution in [0.1, 0.15) is 75.0 Å². The molecular weight excluding hydrogens is 410 g/mol. The highest BCUT2D eigenvalue weighted by Crippen LogP contribution is 2.41. The minimum Gasteiger partial charge on any atom is -0.507 e. The molecule has 178 valence electrons. The maximum Gasteiger partial charge on any atom is 0.197 e. The van der Waals surface area contributed by atoms with E-state index >= 15 is 0 Å². The Morgan fingerprint density at radius 1 is 1.00 bits per heavy atom. The third kappa shape index (κ3) is 5.40. The van der Waals surface area contributed by atoms with E-state index in [9.17, 15) is 9.90 Å². The van der Waals surface area contributed by atoms with Crippen molar-refractivity contribution in [2.75, 3.05) is 26.7 Å². The Balaban J connectivity index is 1.87. The van der Waals surface area contributed by atoms with E-state index in [4.69, 9.17) is 0 Å². The van der Waals surface area contributed by atoms with Crippen LogP contribution in [0, 0.1) is 0 Å². The standard InChI is InChI=1S/C28H39N3O2/c1-8-28(5,6)23-17-21(16-22(25(23)33)27(2,3)4)24(32)19-31-15-14-30(26(31)29-7)18-20-12-10-9-11-13-20/h9-13,16-17,33H,8,14-15,18-19H2,1-7H3. The molecule has 0 atom stereocenters. The van der Waals surface area contributed by atoms with Gasteiger partial charge in [-0.25, -0.2) is 0 Å². The Morgan fingerprint density at radius 3 is 2.18 bits per heavy atom. The van der Waals surface area contributed by atoms with E-state index in [1.807, 2.05) is 30.3 Å². The predicted molar refractivity (Wildman–Crippen MR) is 136 cm³/mol. The van der Waals surface area contributed by atoms with Crippen LogP contribution in [0.15, 0.2) is 47.5 Å². The first kappa shape index (κ1) is 24.8. The van der Waals surface area contributed by atoms with Gasteiger partial charge in [0.15, 0.2) is 11.7 Å². The Kier molecular flexibility index (Phi) is 7.20. The topological polar surface area (TPSA) is 56.1 Å². The second-order valence-corrected chi connectivity index (χ2v) is 10.7. The number of hydrogen-bond acceptors (Lipinski definition) is 3. The van der Waals surface area contributed by atoms with Crippen LogP contribution in [-0.2, 0) is 17.4 Å². The minimum absolute atomic E-state index is 0.0522. The van der Waals surface area contributed by atoms with E-state index in [0.717, 1.165) is 43.1 Å². The van der Waals surface area contributed by atoms with Gasteiger partial charge in [-0.05, 0) is 34.9 Å². The number of Topliss-reactive ketones (excluding diaryl/α,β-unsaturated/α-hetero) is 1. The molecule has 33 heavy (non-hydrogen) atoms. The second-order valence-electron chi connectivity index (χ2n) is 10.7. The van der Waals surface area contributed by atoms with E-state index in [2.05, 4.69) is 68.5 Å². The minimum atomic E-state index is -0.269. The molecule has 2 aromatic carbocycles. The van der Waals surface area contributed by atoms with E-state index < -0.39 is 0 Å². The van der Waals surface area contributed by atoms with Crippen molar-refractivity contribution in [1.29, 1.82) is 0 Å². The van der Waals surface area contributed by atoms with E-state index in [1.165, 1.54) is 5.56 Å². The number of aliphatic imine (C=N–C) groups is 1. The van der Waals surface area contributed by atoms with E-state index in [-0.39, 0.29) is 23.2 Å². The number of phenolic OH excluding ortho intramolecular Hbond substituents is 1. The Bertz CT molecular complexity index is 1020. The summed E-state index contributed by atoms with van der Waals surface area (Å²) >= 11 is 0. The van der Waals surface area contributed by atoms with Gasteiger partial charge >= 0.3 is 0 Å². The summed E-state index contributed by atoms with van der Waals surface area (Å²) in [6.45, 7) is 15.2. The molecule has 1 aliphatic heterocycles. The van der Waals surface area contributed by atoms with Crippen LogP contribution >= 0.6 is 0 Å². The molecule has 0 bridgehead atoms. The maximum atomic E-state index is 13.5. The summed E-state index contributed by atoms with van der Waals surface area (Å²) in [5, 5.41) is 11.1. The van der Waals surface area contributed by atoms with Gasteiger partial charge < -0.3 is 14.9 Å². The van der Waals surface area contributed by atoms with Crippen molar-refractivity contribution < 1.29 is 9.90 Å². The predicted octanol–water partition coefficient (Wildman–Crippen LogP) is 5.36. The first-order chi connectivity index (χ1) is 15.5. The van der Waals surface area contributed by atoms with Gasteiger partial charge in [0.25, 0.3) is 0 Å². The van der Waals surface area contributed by atoms with Crippen LogP contribution in [0.2, 0.25) is 0 Å². The summed E-state index contributed by atoms with van der Waals surface area (Å²) in [7, 11) is 1.79. The van der Waals surface area contributed by atoms with E-state index in [0.29, 0.717) is 11.3 Å². The normalized spacial score (nSPS) is 16.0. The molecule has 5 nitrogen and oxygen atoms in total. The zero-order valence-corrected chi connectivity index (χ0v) is 21.3. The van der Waals surface area contributed by atoms with Crippen LogP contribution in [0.4, 0.5) is 0 Å². The average Bonchev–Trinajstić information content (AvgIpc) is 3.14. The Hall–Kier alpha value is -2.82. The van der Waals surface area contributed by atoms with Gasteiger partial charge in [0.1, 0.15) is 5.75 Å². The number of phenols is 1. The lowest BCUT2D eigenvalue weighted by atomic mass is 9.76. The molecule has 0 saturated carbocycles. The molecule has 0 aliphatic carbocycles. The van der Waals surface area contributed by atoms with Gasteiger partial charge in [-0.1, -0.05) is 71.9 Å². The van der Waals surface area contributed by atoms with Gasteiger partial charge in [-0.15, -0.1) is 0 Å². The largest absolute Gasteiger partial charge is 0.507 e. The lowest BCUT2D eigenvalue weighted by molar-refractivity contribution is 0.0966. The number of ketones is 1. The molecule has 1 heterocycles. The first-order valence-corrected chi connectivity index (χ1v) is 11.9. The molecular formula is C28H39N3O2. The average molecular weight is 450 g/mol. The molecule has 5 heteroatoms. The molecule has 0 unspecified atom stereocenters. The van der Waals surface area contributed by atoms with Crippen LogP contribution in [-0.4, -0.2) is 53.3 Å². The third-order valence-electron chi connectivity index (χ3n) is 6.81. The molecule has 2 aromatic rings. The molecule has 0 aromatic heterocycles. The Labute approximate surface area is 199 Å². The van der Waals surface area contributed by atoms with Crippen LogP contribution in [0.5, 0.6) is 5.75 Å². The molecule has 3 rings (SSSR count). The Morgan fingerprint density at radius 2 is 1.61 bits per heavy atom. The molecule has 0 spiro atoms. The number of benzene rings is 2. The number of aromatic hydroxyl groups is 1. The number of nitrogens with zero attached hydrogens (tertiary/aromatic N) is 3. The lowest BCUT2D eigenvalue weighted by Crippen LogP contribution is -2.36. The fourth-order valence-electron chi connectivity index (χ4n) is 4.37. The third-order valence-corrected chi connectivity index (χ3v) is 6.81. The van der Waals surface area contributed by atoms with Crippen molar-refractivity contribution in [1.82, 2.24) is 9.80 Å². The van der Waals surface area contributed by atoms with Crippen molar-refractivity contribution in [2.45, 2.75) is 65.3 Å². The number of carbonyl (C=O) groups excluding carboxylic acids is 1. The van der Waals surface area contributed by atoms with Crippen molar-refractivity contribution in [3.63, 3.8) is 0 Å². The van der Waals surface area contributed by atoms with Gasteiger partial charge in [0.2, 0.25) is 0 Å². The molecule has 1 N–H and O–H groups in total. The van der Waals surface area contributed by atoms with Crippen molar-refractivity contribution in [3.05, 3.63) is 64.7 Å². The monoisotopic (exact) mass is 449 g/mol. The maximum absolute atomic E-state index is 13.5. The summed E-state index contributed by atoms with van der Waals surface area (Å²) in [6.07, 6.45) is 0.870. The summed E-state index contributed by atoms with van der Waals surface area (Å²) < 4.78 is 0. The molecule has 0 radical (unpaired) electrons. The SMILES string of the molecule is CCC(C)(C)c1cc(C(=O)CN2CCN(Cc3ccccc3)C2=NC)cc(C(C)(C)C)c1O. The molecule has 1 saturated heterocycles.